The van der Waals surface area contributed by atoms with Gasteiger partial charge >= 0.3 is 5.97 Å². The summed E-state index contributed by atoms with van der Waals surface area (Å²) < 4.78 is 10.7. The first kappa shape index (κ1) is 31.1. The third-order valence-electron chi connectivity index (χ3n) is 4.98. The highest BCUT2D eigenvalue weighted by Gasteiger charge is 2.36. The molecule has 1 rings (SSSR count). The molecule has 0 heterocycles. The summed E-state index contributed by atoms with van der Waals surface area (Å²) in [5.74, 6) is -2.55. The number of hydrogen-bond donors (Lipinski definition) is 2. The number of thioether (sulfide) groups is 1. The second-order valence-corrected chi connectivity index (χ2v) is 10.6. The second-order valence-electron chi connectivity index (χ2n) is 9.31. The Labute approximate surface area is 216 Å². The Morgan fingerprint density at radius 1 is 1.06 bits per heavy atom. The highest BCUT2D eigenvalue weighted by molar-refractivity contribution is 8.14. The molecule has 2 N–H and O–H groups in total. The molecular weight excluding hydrogens is 486 g/mol. The lowest BCUT2D eigenvalue weighted by Gasteiger charge is -2.30. The van der Waals surface area contributed by atoms with Crippen molar-refractivity contribution in [1.82, 2.24) is 15.5 Å². The smallest absolute Gasteiger partial charge is 0.331 e. The molecular formula is C25H37N3O7S. The molecule has 0 radical (unpaired) electrons. The molecule has 3 amide bonds. The van der Waals surface area contributed by atoms with Crippen LogP contribution in [0.15, 0.2) is 30.3 Å². The summed E-state index contributed by atoms with van der Waals surface area (Å²) in [7, 11) is 3.05. The topological polar surface area (TPSA) is 131 Å². The van der Waals surface area contributed by atoms with E-state index in [4.69, 9.17) is 9.47 Å². The number of benzene rings is 1. The fourth-order valence-corrected chi connectivity index (χ4v) is 3.64. The fraction of sp³-hybridized carbons (Fsp3) is 0.560. The number of carbonyl (C=O) groups excluding carboxylic acids is 5. The van der Waals surface area contributed by atoms with Crippen LogP contribution >= 0.6 is 11.8 Å². The van der Waals surface area contributed by atoms with Crippen LogP contribution in [0, 0.1) is 5.92 Å². The fourth-order valence-electron chi connectivity index (χ4n) is 2.85. The Bertz CT molecular complexity index is 919. The van der Waals surface area contributed by atoms with Gasteiger partial charge in [0.25, 0.3) is 5.91 Å². The van der Waals surface area contributed by atoms with E-state index in [1.165, 1.54) is 39.8 Å². The maximum absolute atomic E-state index is 13.1. The van der Waals surface area contributed by atoms with Crippen molar-refractivity contribution in [2.24, 2.45) is 5.92 Å². The molecule has 0 saturated heterocycles. The number of nitrogens with zero attached hydrogens (tertiary/aromatic N) is 1. The predicted molar refractivity (Wildman–Crippen MR) is 137 cm³/mol. The first-order chi connectivity index (χ1) is 16.7. The van der Waals surface area contributed by atoms with Crippen molar-refractivity contribution in [2.75, 3.05) is 27.3 Å². The standard InChI is InChI=1S/C25H37N3O7S/c1-16(2)21(36-17(3)29)22(31)27-25(4,5)24(33)26-19(23(32)35-15-20(30)28(6)7)14-34-13-18-11-9-8-10-12-18/h8-12,16,19,21H,13-15H2,1-7H3,(H,26,33)(H,27,31)/t19-,21-/m0/s1. The minimum Gasteiger partial charge on any atom is -0.454 e. The van der Waals surface area contributed by atoms with E-state index in [9.17, 15) is 24.0 Å². The first-order valence-corrected chi connectivity index (χ1v) is 12.4. The van der Waals surface area contributed by atoms with Crippen molar-refractivity contribution in [2.45, 2.75) is 58.1 Å². The summed E-state index contributed by atoms with van der Waals surface area (Å²) in [6.07, 6.45) is 0. The molecule has 0 bridgehead atoms. The van der Waals surface area contributed by atoms with Gasteiger partial charge in [0.05, 0.1) is 18.5 Å². The second kappa shape index (κ2) is 14.6. The lowest BCUT2D eigenvalue weighted by Crippen LogP contribution is -2.60. The lowest BCUT2D eigenvalue weighted by atomic mass is 10.0. The van der Waals surface area contributed by atoms with E-state index in [1.807, 2.05) is 30.3 Å². The molecule has 0 unspecified atom stereocenters. The van der Waals surface area contributed by atoms with Gasteiger partial charge in [0.2, 0.25) is 11.8 Å². The maximum Gasteiger partial charge on any atom is 0.331 e. The first-order valence-electron chi connectivity index (χ1n) is 11.5. The van der Waals surface area contributed by atoms with Crippen molar-refractivity contribution in [3.05, 3.63) is 35.9 Å². The number of hydrogen-bond acceptors (Lipinski definition) is 8. The largest absolute Gasteiger partial charge is 0.454 e. The third kappa shape index (κ3) is 10.8. The number of esters is 1. The van der Waals surface area contributed by atoms with Crippen LogP contribution in [0.4, 0.5) is 0 Å². The van der Waals surface area contributed by atoms with Crippen LogP contribution in [-0.2, 0) is 40.1 Å². The van der Waals surface area contributed by atoms with E-state index in [-0.39, 0.29) is 24.2 Å². The molecule has 2 atom stereocenters. The summed E-state index contributed by atoms with van der Waals surface area (Å²) in [4.78, 5) is 63.2. The SMILES string of the molecule is CC(=O)S[C@H](C(=O)NC(C)(C)C(=O)N[C@@H](COCc1ccccc1)C(=O)OCC(=O)N(C)C)C(C)C. The van der Waals surface area contributed by atoms with E-state index in [0.717, 1.165) is 17.3 Å². The molecule has 10 nitrogen and oxygen atoms in total. The molecule has 200 valence electrons. The molecule has 36 heavy (non-hydrogen) atoms. The maximum atomic E-state index is 13.1. The van der Waals surface area contributed by atoms with Gasteiger partial charge in [-0.1, -0.05) is 55.9 Å². The Morgan fingerprint density at radius 2 is 1.67 bits per heavy atom. The van der Waals surface area contributed by atoms with Crippen molar-refractivity contribution in [3.63, 3.8) is 0 Å². The monoisotopic (exact) mass is 523 g/mol. The van der Waals surface area contributed by atoms with Gasteiger partial charge in [-0.15, -0.1) is 0 Å². The van der Waals surface area contributed by atoms with Crippen LogP contribution in [0.25, 0.3) is 0 Å². The molecule has 0 aliphatic heterocycles. The zero-order valence-electron chi connectivity index (χ0n) is 22.0. The molecule has 0 aliphatic carbocycles. The van der Waals surface area contributed by atoms with Gasteiger partial charge in [0.1, 0.15) is 5.54 Å². The van der Waals surface area contributed by atoms with Crippen LogP contribution in [0.2, 0.25) is 0 Å². The average molecular weight is 524 g/mol. The van der Waals surface area contributed by atoms with Gasteiger partial charge in [-0.05, 0) is 25.3 Å². The van der Waals surface area contributed by atoms with E-state index >= 15 is 0 Å². The highest BCUT2D eigenvalue weighted by atomic mass is 32.2. The summed E-state index contributed by atoms with van der Waals surface area (Å²) in [6, 6.07) is 8.04. The van der Waals surface area contributed by atoms with Gasteiger partial charge < -0.3 is 25.0 Å². The minimum atomic E-state index is -1.42. The number of amides is 3. The van der Waals surface area contributed by atoms with E-state index in [2.05, 4.69) is 10.6 Å². The van der Waals surface area contributed by atoms with Gasteiger partial charge in [-0.2, -0.15) is 0 Å². The summed E-state index contributed by atoms with van der Waals surface area (Å²) >= 11 is 0.895. The van der Waals surface area contributed by atoms with Crippen molar-refractivity contribution >= 4 is 40.6 Å². The van der Waals surface area contributed by atoms with E-state index in [1.54, 1.807) is 13.8 Å². The zero-order valence-corrected chi connectivity index (χ0v) is 22.8. The molecule has 11 heteroatoms. The van der Waals surface area contributed by atoms with Crippen molar-refractivity contribution in [3.8, 4) is 0 Å². The molecule has 0 aromatic heterocycles. The van der Waals surface area contributed by atoms with Crippen molar-refractivity contribution in [1.29, 1.82) is 0 Å². The summed E-state index contributed by atoms with van der Waals surface area (Å²) in [5, 5.41) is 4.32. The Kier molecular flexibility index (Phi) is 12.6. The molecule has 0 aliphatic rings. The van der Waals surface area contributed by atoms with Crippen LogP contribution in [0.3, 0.4) is 0 Å². The minimum absolute atomic E-state index is 0.152. The summed E-state index contributed by atoms with van der Waals surface area (Å²) in [5.41, 5.74) is -0.548. The quantitative estimate of drug-likeness (QED) is 0.372. The number of ether oxygens (including phenoxy) is 2. The van der Waals surface area contributed by atoms with Gasteiger partial charge in [-0.25, -0.2) is 4.79 Å². The number of carbonyl (C=O) groups is 5. The Hall–Kier alpha value is -2.92. The van der Waals surface area contributed by atoms with Gasteiger partial charge in [0.15, 0.2) is 17.8 Å². The molecule has 0 spiro atoms. The predicted octanol–water partition coefficient (Wildman–Crippen LogP) is 1.52. The lowest BCUT2D eigenvalue weighted by molar-refractivity contribution is -0.155. The number of likely N-dealkylation sites (N-methyl/N-ethyl adjacent to an activating group) is 1. The summed E-state index contributed by atoms with van der Waals surface area (Å²) in [6.45, 7) is 7.44. The van der Waals surface area contributed by atoms with Crippen LogP contribution < -0.4 is 10.6 Å². The zero-order chi connectivity index (χ0) is 27.5. The normalized spacial score (nSPS) is 12.9. The van der Waals surface area contributed by atoms with Crippen LogP contribution in [-0.4, -0.2) is 77.8 Å². The molecule has 1 aromatic carbocycles. The van der Waals surface area contributed by atoms with Crippen LogP contribution in [0.5, 0.6) is 0 Å². The molecule has 1 aromatic rings. The van der Waals surface area contributed by atoms with E-state index in [0.29, 0.717) is 0 Å². The van der Waals surface area contributed by atoms with Crippen molar-refractivity contribution < 1.29 is 33.4 Å². The Morgan fingerprint density at radius 3 is 2.19 bits per heavy atom. The number of nitrogens with one attached hydrogen (secondary N) is 2. The number of rotatable bonds is 13. The van der Waals surface area contributed by atoms with Gasteiger partial charge in [0, 0.05) is 21.0 Å². The van der Waals surface area contributed by atoms with Crippen LogP contribution in [0.1, 0.15) is 40.2 Å². The third-order valence-corrected chi connectivity index (χ3v) is 6.33. The highest BCUT2D eigenvalue weighted by Crippen LogP contribution is 2.21. The van der Waals surface area contributed by atoms with E-state index < -0.39 is 47.1 Å². The molecule has 0 fully saturated rings. The average Bonchev–Trinajstić information content (AvgIpc) is 2.79. The Balaban J connectivity index is 2.92. The van der Waals surface area contributed by atoms with Gasteiger partial charge in [-0.3, -0.25) is 19.2 Å². The molecule has 0 saturated carbocycles.